The van der Waals surface area contributed by atoms with Gasteiger partial charge in [0.1, 0.15) is 0 Å². The second-order valence-corrected chi connectivity index (χ2v) is 3.55. The molecule has 0 aromatic rings. The maximum atomic E-state index is 12.4. The van der Waals surface area contributed by atoms with Crippen LogP contribution >= 0.6 is 0 Å². The molecule has 2 N–H and O–H groups in total. The molecule has 12 heavy (non-hydrogen) atoms. The quantitative estimate of drug-likeness (QED) is 0.666. The summed E-state index contributed by atoms with van der Waals surface area (Å²) in [7, 11) is 0. The SMILES string of the molecule is CC(F)CCNC1CCNCC1. The van der Waals surface area contributed by atoms with Gasteiger partial charge in [0.05, 0.1) is 6.17 Å². The molecule has 3 heteroatoms. The van der Waals surface area contributed by atoms with E-state index in [-0.39, 0.29) is 0 Å². The molecule has 1 unspecified atom stereocenters. The summed E-state index contributed by atoms with van der Waals surface area (Å²) in [5, 5.41) is 6.67. The molecule has 1 fully saturated rings. The van der Waals surface area contributed by atoms with E-state index in [1.54, 1.807) is 6.92 Å². The van der Waals surface area contributed by atoms with Crippen LogP contribution in [-0.2, 0) is 0 Å². The van der Waals surface area contributed by atoms with Gasteiger partial charge in [-0.1, -0.05) is 0 Å². The number of nitrogens with one attached hydrogen (secondary N) is 2. The summed E-state index contributed by atoms with van der Waals surface area (Å²) in [4.78, 5) is 0. The van der Waals surface area contributed by atoms with Crippen LogP contribution in [0.1, 0.15) is 26.2 Å². The lowest BCUT2D eigenvalue weighted by Crippen LogP contribution is -2.40. The van der Waals surface area contributed by atoms with Crippen molar-refractivity contribution in [3.63, 3.8) is 0 Å². The van der Waals surface area contributed by atoms with Gasteiger partial charge in [-0.15, -0.1) is 0 Å². The molecular formula is C9H19FN2. The molecule has 0 aromatic carbocycles. The highest BCUT2D eigenvalue weighted by Gasteiger charge is 2.11. The van der Waals surface area contributed by atoms with Gasteiger partial charge in [0.15, 0.2) is 0 Å². The molecule has 0 bridgehead atoms. The summed E-state index contributed by atoms with van der Waals surface area (Å²) >= 11 is 0. The lowest BCUT2D eigenvalue weighted by atomic mass is 10.1. The molecule has 0 aliphatic carbocycles. The van der Waals surface area contributed by atoms with Crippen molar-refractivity contribution < 1.29 is 4.39 Å². The van der Waals surface area contributed by atoms with Crippen LogP contribution in [0.5, 0.6) is 0 Å². The summed E-state index contributed by atoms with van der Waals surface area (Å²) in [5.41, 5.74) is 0. The Morgan fingerprint density at radius 2 is 2.17 bits per heavy atom. The molecule has 0 spiro atoms. The maximum absolute atomic E-state index is 12.4. The minimum atomic E-state index is -0.667. The Bertz CT molecular complexity index is 111. The second-order valence-electron chi connectivity index (χ2n) is 3.55. The van der Waals surface area contributed by atoms with E-state index in [4.69, 9.17) is 0 Å². The Labute approximate surface area is 73.9 Å². The minimum absolute atomic E-state index is 0.616. The van der Waals surface area contributed by atoms with Gasteiger partial charge in [-0.05, 0) is 45.8 Å². The van der Waals surface area contributed by atoms with Gasteiger partial charge >= 0.3 is 0 Å². The molecule has 72 valence electrons. The fourth-order valence-corrected chi connectivity index (χ4v) is 1.51. The lowest BCUT2D eigenvalue weighted by molar-refractivity contribution is 0.316. The Kier molecular flexibility index (Phi) is 4.54. The van der Waals surface area contributed by atoms with Crippen LogP contribution in [-0.4, -0.2) is 31.8 Å². The number of rotatable bonds is 4. The van der Waals surface area contributed by atoms with E-state index in [1.165, 1.54) is 12.8 Å². The third kappa shape index (κ3) is 4.02. The first kappa shape index (κ1) is 9.93. The van der Waals surface area contributed by atoms with Crippen molar-refractivity contribution in [1.29, 1.82) is 0 Å². The first-order valence-electron chi connectivity index (χ1n) is 4.87. The van der Waals surface area contributed by atoms with Crippen LogP contribution in [0.15, 0.2) is 0 Å². The maximum Gasteiger partial charge on any atom is 0.0985 e. The van der Waals surface area contributed by atoms with Gasteiger partial charge in [0, 0.05) is 6.04 Å². The van der Waals surface area contributed by atoms with Gasteiger partial charge in [0.2, 0.25) is 0 Å². The Morgan fingerprint density at radius 3 is 2.75 bits per heavy atom. The molecule has 1 aliphatic rings. The zero-order valence-electron chi connectivity index (χ0n) is 7.78. The number of piperidine rings is 1. The van der Waals surface area contributed by atoms with Crippen molar-refractivity contribution in [3.05, 3.63) is 0 Å². The molecule has 0 radical (unpaired) electrons. The third-order valence-corrected chi connectivity index (χ3v) is 2.31. The number of alkyl halides is 1. The predicted octanol–water partition coefficient (Wildman–Crippen LogP) is 1.08. The van der Waals surface area contributed by atoms with Crippen LogP contribution in [0.3, 0.4) is 0 Å². The number of hydrogen-bond donors (Lipinski definition) is 2. The van der Waals surface area contributed by atoms with E-state index in [9.17, 15) is 4.39 Å². The summed E-state index contributed by atoms with van der Waals surface area (Å²) in [6.45, 7) is 4.64. The molecule has 1 atom stereocenters. The second kappa shape index (κ2) is 5.49. The molecule has 1 heterocycles. The zero-order valence-corrected chi connectivity index (χ0v) is 7.78. The number of halogens is 1. The Morgan fingerprint density at radius 1 is 1.50 bits per heavy atom. The van der Waals surface area contributed by atoms with Crippen LogP contribution < -0.4 is 10.6 Å². The van der Waals surface area contributed by atoms with E-state index in [2.05, 4.69) is 10.6 Å². The zero-order chi connectivity index (χ0) is 8.81. The molecule has 2 nitrogen and oxygen atoms in total. The summed E-state index contributed by atoms with van der Waals surface area (Å²) < 4.78 is 12.4. The summed E-state index contributed by atoms with van der Waals surface area (Å²) in [6.07, 6.45) is 2.34. The van der Waals surface area contributed by atoms with E-state index < -0.39 is 6.17 Å². The van der Waals surface area contributed by atoms with Crippen molar-refractivity contribution in [2.45, 2.75) is 38.4 Å². The van der Waals surface area contributed by atoms with Gasteiger partial charge in [-0.3, -0.25) is 0 Å². The normalized spacial score (nSPS) is 22.5. The van der Waals surface area contributed by atoms with Crippen LogP contribution in [0, 0.1) is 0 Å². The van der Waals surface area contributed by atoms with Crippen molar-refractivity contribution in [2.24, 2.45) is 0 Å². The van der Waals surface area contributed by atoms with Gasteiger partial charge in [0.25, 0.3) is 0 Å². The van der Waals surface area contributed by atoms with Crippen LogP contribution in [0.2, 0.25) is 0 Å². The van der Waals surface area contributed by atoms with E-state index >= 15 is 0 Å². The predicted molar refractivity (Wildman–Crippen MR) is 49.1 cm³/mol. The average Bonchev–Trinajstić information content (AvgIpc) is 2.05. The molecule has 1 rings (SSSR count). The molecule has 0 aromatic heterocycles. The van der Waals surface area contributed by atoms with Gasteiger partial charge < -0.3 is 10.6 Å². The average molecular weight is 174 g/mol. The van der Waals surface area contributed by atoms with E-state index in [0.29, 0.717) is 12.5 Å². The topological polar surface area (TPSA) is 24.1 Å². The molecule has 0 amide bonds. The first-order chi connectivity index (χ1) is 5.79. The van der Waals surface area contributed by atoms with Crippen molar-refractivity contribution in [1.82, 2.24) is 10.6 Å². The highest BCUT2D eigenvalue weighted by atomic mass is 19.1. The fourth-order valence-electron chi connectivity index (χ4n) is 1.51. The standard InChI is InChI=1S/C9H19FN2/c1-8(10)2-7-12-9-3-5-11-6-4-9/h8-9,11-12H,2-7H2,1H3. The van der Waals surface area contributed by atoms with Crippen LogP contribution in [0.4, 0.5) is 4.39 Å². The smallest absolute Gasteiger partial charge is 0.0985 e. The fraction of sp³-hybridized carbons (Fsp3) is 1.00. The van der Waals surface area contributed by atoms with Crippen molar-refractivity contribution >= 4 is 0 Å². The monoisotopic (exact) mass is 174 g/mol. The lowest BCUT2D eigenvalue weighted by Gasteiger charge is -2.23. The van der Waals surface area contributed by atoms with Gasteiger partial charge in [-0.25, -0.2) is 4.39 Å². The van der Waals surface area contributed by atoms with E-state index in [0.717, 1.165) is 19.6 Å². The summed E-state index contributed by atoms with van der Waals surface area (Å²) in [6, 6.07) is 0.616. The third-order valence-electron chi connectivity index (χ3n) is 2.31. The van der Waals surface area contributed by atoms with Crippen LogP contribution in [0.25, 0.3) is 0 Å². The van der Waals surface area contributed by atoms with Crippen molar-refractivity contribution in [2.75, 3.05) is 19.6 Å². The molecule has 0 saturated carbocycles. The Hall–Kier alpha value is -0.150. The van der Waals surface area contributed by atoms with Gasteiger partial charge in [-0.2, -0.15) is 0 Å². The van der Waals surface area contributed by atoms with Crippen molar-refractivity contribution in [3.8, 4) is 0 Å². The summed E-state index contributed by atoms with van der Waals surface area (Å²) in [5.74, 6) is 0. The molecular weight excluding hydrogens is 155 g/mol. The molecule has 1 saturated heterocycles. The minimum Gasteiger partial charge on any atom is -0.317 e. The number of hydrogen-bond acceptors (Lipinski definition) is 2. The highest BCUT2D eigenvalue weighted by molar-refractivity contribution is 4.74. The molecule has 1 aliphatic heterocycles. The highest BCUT2D eigenvalue weighted by Crippen LogP contribution is 2.02. The van der Waals surface area contributed by atoms with E-state index in [1.807, 2.05) is 0 Å². The Balaban J connectivity index is 1.98. The first-order valence-corrected chi connectivity index (χ1v) is 4.87. The largest absolute Gasteiger partial charge is 0.317 e.